The average molecular weight is 325 g/mol. The Balaban J connectivity index is 1.65. The van der Waals surface area contributed by atoms with Gasteiger partial charge in [-0.3, -0.25) is 0 Å². The lowest BCUT2D eigenvalue weighted by Gasteiger charge is -2.35. The SMILES string of the molecule is Cn1c(C(NC2CCCCC2)C2CCCCC2)nc2ccccc21. The molecule has 4 rings (SSSR count). The smallest absolute Gasteiger partial charge is 0.127 e. The zero-order valence-electron chi connectivity index (χ0n) is 15.0. The molecule has 130 valence electrons. The molecule has 1 unspecified atom stereocenters. The Morgan fingerprint density at radius 1 is 0.958 bits per heavy atom. The van der Waals surface area contributed by atoms with Crippen LogP contribution in [0, 0.1) is 5.92 Å². The van der Waals surface area contributed by atoms with Crippen molar-refractivity contribution in [2.75, 3.05) is 0 Å². The predicted molar refractivity (Wildman–Crippen MR) is 100 cm³/mol. The summed E-state index contributed by atoms with van der Waals surface area (Å²) in [4.78, 5) is 5.05. The van der Waals surface area contributed by atoms with Gasteiger partial charge in [0.25, 0.3) is 0 Å². The van der Waals surface area contributed by atoms with Gasteiger partial charge in [-0.1, -0.05) is 50.7 Å². The Kier molecular flexibility index (Phi) is 4.88. The summed E-state index contributed by atoms with van der Waals surface area (Å²) in [5, 5.41) is 4.06. The number of aromatic nitrogens is 2. The van der Waals surface area contributed by atoms with Crippen molar-refractivity contribution in [1.82, 2.24) is 14.9 Å². The van der Waals surface area contributed by atoms with E-state index in [4.69, 9.17) is 4.98 Å². The van der Waals surface area contributed by atoms with E-state index in [1.807, 2.05) is 0 Å². The van der Waals surface area contributed by atoms with Gasteiger partial charge in [0, 0.05) is 13.1 Å². The Morgan fingerprint density at radius 3 is 2.33 bits per heavy atom. The molecule has 24 heavy (non-hydrogen) atoms. The van der Waals surface area contributed by atoms with Crippen LogP contribution in [0.4, 0.5) is 0 Å². The molecule has 1 atom stereocenters. The van der Waals surface area contributed by atoms with Gasteiger partial charge in [0.15, 0.2) is 0 Å². The van der Waals surface area contributed by atoms with Crippen molar-refractivity contribution in [1.29, 1.82) is 0 Å². The normalized spacial score (nSPS) is 22.0. The molecule has 0 bridgehead atoms. The van der Waals surface area contributed by atoms with Gasteiger partial charge in [-0.05, 0) is 43.7 Å². The molecule has 1 N–H and O–H groups in total. The van der Waals surface area contributed by atoms with Gasteiger partial charge in [-0.15, -0.1) is 0 Å². The second kappa shape index (κ2) is 7.26. The maximum absolute atomic E-state index is 5.05. The Bertz CT molecular complexity index is 663. The standard InChI is InChI=1S/C21H31N3/c1-24-19-15-9-8-14-18(19)23-21(24)20(16-10-4-2-5-11-16)22-17-12-6-3-7-13-17/h8-9,14-17,20,22H,2-7,10-13H2,1H3. The highest BCUT2D eigenvalue weighted by atomic mass is 15.1. The first-order valence-electron chi connectivity index (χ1n) is 10.0. The van der Waals surface area contributed by atoms with Gasteiger partial charge in [0.2, 0.25) is 0 Å². The lowest BCUT2D eigenvalue weighted by atomic mass is 9.82. The van der Waals surface area contributed by atoms with Gasteiger partial charge in [0.1, 0.15) is 5.82 Å². The molecule has 1 aromatic heterocycles. The predicted octanol–water partition coefficient (Wildman–Crippen LogP) is 5.12. The lowest BCUT2D eigenvalue weighted by molar-refractivity contribution is 0.224. The minimum atomic E-state index is 0.422. The third-order valence-corrected chi connectivity index (χ3v) is 6.24. The fourth-order valence-electron chi connectivity index (χ4n) is 4.85. The van der Waals surface area contributed by atoms with Crippen LogP contribution in [0.5, 0.6) is 0 Å². The third kappa shape index (κ3) is 3.23. The quantitative estimate of drug-likeness (QED) is 0.846. The number of imidazole rings is 1. The lowest BCUT2D eigenvalue weighted by Crippen LogP contribution is -2.39. The number of benzene rings is 1. The summed E-state index contributed by atoms with van der Waals surface area (Å²) in [5.41, 5.74) is 2.40. The Labute approximate surface area is 145 Å². The third-order valence-electron chi connectivity index (χ3n) is 6.24. The molecule has 1 aromatic carbocycles. The molecule has 2 aliphatic rings. The van der Waals surface area contributed by atoms with E-state index < -0.39 is 0 Å². The topological polar surface area (TPSA) is 29.9 Å². The zero-order chi connectivity index (χ0) is 16.4. The highest BCUT2D eigenvalue weighted by Crippen LogP contribution is 2.36. The molecule has 2 fully saturated rings. The minimum Gasteiger partial charge on any atom is -0.330 e. The van der Waals surface area contributed by atoms with Crippen LogP contribution in [0.3, 0.4) is 0 Å². The van der Waals surface area contributed by atoms with Crippen LogP contribution in [0.2, 0.25) is 0 Å². The molecule has 2 aromatic rings. The second-order valence-corrected chi connectivity index (χ2v) is 7.90. The summed E-state index contributed by atoms with van der Waals surface area (Å²) in [6.07, 6.45) is 13.8. The van der Waals surface area contributed by atoms with E-state index >= 15 is 0 Å². The monoisotopic (exact) mass is 325 g/mol. The van der Waals surface area contributed by atoms with Crippen molar-refractivity contribution >= 4 is 11.0 Å². The van der Waals surface area contributed by atoms with Crippen molar-refractivity contribution in [2.24, 2.45) is 13.0 Å². The highest BCUT2D eigenvalue weighted by Gasteiger charge is 2.31. The first-order valence-corrected chi connectivity index (χ1v) is 10.0. The van der Waals surface area contributed by atoms with Crippen molar-refractivity contribution in [2.45, 2.75) is 76.3 Å². The summed E-state index contributed by atoms with van der Waals surface area (Å²) in [7, 11) is 2.20. The summed E-state index contributed by atoms with van der Waals surface area (Å²) in [6, 6.07) is 9.68. The van der Waals surface area contributed by atoms with Crippen LogP contribution in [-0.4, -0.2) is 15.6 Å². The molecule has 0 saturated heterocycles. The van der Waals surface area contributed by atoms with Crippen LogP contribution >= 0.6 is 0 Å². The number of rotatable bonds is 4. The van der Waals surface area contributed by atoms with Crippen LogP contribution in [0.15, 0.2) is 24.3 Å². The van der Waals surface area contributed by atoms with Crippen molar-refractivity contribution in [3.8, 4) is 0 Å². The van der Waals surface area contributed by atoms with Gasteiger partial charge < -0.3 is 9.88 Å². The number of aryl methyl sites for hydroxylation is 1. The van der Waals surface area contributed by atoms with Gasteiger partial charge >= 0.3 is 0 Å². The molecule has 0 amide bonds. The molecular weight excluding hydrogens is 294 g/mol. The number of hydrogen-bond donors (Lipinski definition) is 1. The van der Waals surface area contributed by atoms with Crippen LogP contribution in [-0.2, 0) is 7.05 Å². The van der Waals surface area contributed by atoms with Crippen LogP contribution in [0.1, 0.15) is 76.1 Å². The maximum Gasteiger partial charge on any atom is 0.127 e. The Hall–Kier alpha value is -1.35. The van der Waals surface area contributed by atoms with E-state index in [9.17, 15) is 0 Å². The summed E-state index contributed by atoms with van der Waals surface area (Å²) >= 11 is 0. The second-order valence-electron chi connectivity index (χ2n) is 7.90. The van der Waals surface area contributed by atoms with Gasteiger partial charge in [-0.25, -0.2) is 4.98 Å². The summed E-state index contributed by atoms with van der Waals surface area (Å²) in [6.45, 7) is 0. The number of nitrogens with zero attached hydrogens (tertiary/aromatic N) is 2. The van der Waals surface area contributed by atoms with E-state index in [-0.39, 0.29) is 0 Å². The maximum atomic E-state index is 5.05. The number of fused-ring (bicyclic) bond motifs is 1. The number of para-hydroxylation sites is 2. The van der Waals surface area contributed by atoms with Crippen molar-refractivity contribution in [3.05, 3.63) is 30.1 Å². The number of nitrogens with one attached hydrogen (secondary N) is 1. The largest absolute Gasteiger partial charge is 0.330 e. The van der Waals surface area contributed by atoms with Crippen LogP contribution in [0.25, 0.3) is 11.0 Å². The van der Waals surface area contributed by atoms with E-state index in [0.717, 1.165) is 11.4 Å². The molecule has 2 aliphatic carbocycles. The average Bonchev–Trinajstić information content (AvgIpc) is 2.98. The molecule has 1 heterocycles. The summed E-state index contributed by atoms with van der Waals surface area (Å²) < 4.78 is 2.34. The van der Waals surface area contributed by atoms with E-state index in [1.165, 1.54) is 75.5 Å². The molecule has 3 heteroatoms. The molecule has 3 nitrogen and oxygen atoms in total. The van der Waals surface area contributed by atoms with E-state index in [0.29, 0.717) is 12.1 Å². The Morgan fingerprint density at radius 2 is 1.62 bits per heavy atom. The van der Waals surface area contributed by atoms with Gasteiger partial charge in [0.05, 0.1) is 17.1 Å². The fourth-order valence-corrected chi connectivity index (χ4v) is 4.85. The van der Waals surface area contributed by atoms with E-state index in [1.54, 1.807) is 0 Å². The van der Waals surface area contributed by atoms with Crippen molar-refractivity contribution < 1.29 is 0 Å². The molecular formula is C21H31N3. The molecule has 2 saturated carbocycles. The first kappa shape index (κ1) is 16.1. The zero-order valence-corrected chi connectivity index (χ0v) is 15.0. The van der Waals surface area contributed by atoms with E-state index in [2.05, 4.69) is 41.2 Å². The van der Waals surface area contributed by atoms with Crippen molar-refractivity contribution in [3.63, 3.8) is 0 Å². The highest BCUT2D eigenvalue weighted by molar-refractivity contribution is 5.75. The minimum absolute atomic E-state index is 0.422. The first-order chi connectivity index (χ1) is 11.8. The summed E-state index contributed by atoms with van der Waals surface area (Å²) in [5.74, 6) is 2.00. The van der Waals surface area contributed by atoms with Gasteiger partial charge in [-0.2, -0.15) is 0 Å². The number of hydrogen-bond acceptors (Lipinski definition) is 2. The fraction of sp³-hybridized carbons (Fsp3) is 0.667. The molecule has 0 aliphatic heterocycles. The van der Waals surface area contributed by atoms with Crippen LogP contribution < -0.4 is 5.32 Å². The molecule has 0 spiro atoms. The molecule has 0 radical (unpaired) electrons.